The summed E-state index contributed by atoms with van der Waals surface area (Å²) >= 11 is 3.51. The number of nitrogens with one attached hydrogen (secondary N) is 1. The van der Waals surface area contributed by atoms with Crippen LogP contribution in [0.1, 0.15) is 35.8 Å². The molecule has 0 aliphatic heterocycles. The van der Waals surface area contributed by atoms with Crippen LogP contribution in [0.5, 0.6) is 0 Å². The van der Waals surface area contributed by atoms with Crippen LogP contribution in [0.4, 0.5) is 11.5 Å². The van der Waals surface area contributed by atoms with Crippen LogP contribution < -0.4 is 5.32 Å². The molecule has 0 aliphatic carbocycles. The van der Waals surface area contributed by atoms with Gasteiger partial charge in [-0.2, -0.15) is 0 Å². The summed E-state index contributed by atoms with van der Waals surface area (Å²) < 4.78 is 0.957. The van der Waals surface area contributed by atoms with Crippen LogP contribution in [0.15, 0.2) is 35.1 Å². The molecule has 23 heavy (non-hydrogen) atoms. The van der Waals surface area contributed by atoms with Gasteiger partial charge in [-0.3, -0.25) is 4.79 Å². The zero-order chi connectivity index (χ0) is 16.8. The molecule has 0 aliphatic rings. The second-order valence-electron chi connectivity index (χ2n) is 5.48. The first kappa shape index (κ1) is 17.4. The monoisotopic (exact) mass is 376 g/mol. The molecule has 0 radical (unpaired) electrons. The molecule has 1 aromatic carbocycles. The third kappa shape index (κ3) is 4.76. The summed E-state index contributed by atoms with van der Waals surface area (Å²) in [6.45, 7) is 4.86. The number of nitrogens with zero attached hydrogens (tertiary/aromatic N) is 3. The lowest BCUT2D eigenvalue weighted by Gasteiger charge is -2.16. The molecule has 0 saturated carbocycles. The van der Waals surface area contributed by atoms with Gasteiger partial charge in [-0.25, -0.2) is 9.97 Å². The average Bonchev–Trinajstić information content (AvgIpc) is 2.55. The molecule has 0 spiro atoms. The van der Waals surface area contributed by atoms with E-state index in [4.69, 9.17) is 0 Å². The van der Waals surface area contributed by atoms with Crippen molar-refractivity contribution in [1.82, 2.24) is 14.9 Å². The van der Waals surface area contributed by atoms with E-state index in [0.29, 0.717) is 11.5 Å². The number of hydrogen-bond donors (Lipinski definition) is 1. The van der Waals surface area contributed by atoms with E-state index in [0.717, 1.165) is 29.5 Å². The van der Waals surface area contributed by atoms with Gasteiger partial charge >= 0.3 is 0 Å². The average molecular weight is 377 g/mol. The van der Waals surface area contributed by atoms with E-state index in [2.05, 4.69) is 38.1 Å². The van der Waals surface area contributed by atoms with Crippen molar-refractivity contribution >= 4 is 33.3 Å². The van der Waals surface area contributed by atoms with Crippen molar-refractivity contribution in [1.29, 1.82) is 0 Å². The number of amides is 1. The lowest BCUT2D eigenvalue weighted by Crippen LogP contribution is -2.28. The summed E-state index contributed by atoms with van der Waals surface area (Å²) in [5.74, 6) is 0.497. The van der Waals surface area contributed by atoms with Gasteiger partial charge in [-0.05, 0) is 47.0 Å². The highest BCUT2D eigenvalue weighted by molar-refractivity contribution is 9.10. The Balaban J connectivity index is 2.05. The number of unbranched alkanes of at least 4 members (excludes halogenated alkanes) is 1. The molecule has 2 aromatic rings. The van der Waals surface area contributed by atoms with Gasteiger partial charge in [0.05, 0.1) is 18.1 Å². The minimum atomic E-state index is -0.103. The molecule has 1 amide bonds. The molecule has 1 heterocycles. The Morgan fingerprint density at radius 2 is 2.09 bits per heavy atom. The second-order valence-corrected chi connectivity index (χ2v) is 6.33. The number of carbonyl (C=O) groups excluding carboxylic acids is 1. The summed E-state index contributed by atoms with van der Waals surface area (Å²) in [5, 5.41) is 3.18. The highest BCUT2D eigenvalue weighted by atomic mass is 79.9. The van der Waals surface area contributed by atoms with E-state index >= 15 is 0 Å². The summed E-state index contributed by atoms with van der Waals surface area (Å²) in [5.41, 5.74) is 2.44. The van der Waals surface area contributed by atoms with E-state index < -0.39 is 0 Å². The van der Waals surface area contributed by atoms with Crippen molar-refractivity contribution in [2.75, 3.05) is 18.9 Å². The molecule has 0 bridgehead atoms. The lowest BCUT2D eigenvalue weighted by molar-refractivity contribution is 0.0787. The van der Waals surface area contributed by atoms with Gasteiger partial charge in [0.1, 0.15) is 11.5 Å². The third-order valence-corrected chi connectivity index (χ3v) is 4.11. The van der Waals surface area contributed by atoms with E-state index in [1.54, 1.807) is 18.1 Å². The Hall–Kier alpha value is -1.95. The Bertz CT molecular complexity index is 673. The Morgan fingerprint density at radius 3 is 2.70 bits per heavy atom. The molecule has 1 aromatic heterocycles. The molecule has 5 nitrogen and oxygen atoms in total. The Labute approximate surface area is 145 Å². The number of halogens is 1. The number of aryl methyl sites for hydroxylation is 1. The summed E-state index contributed by atoms with van der Waals surface area (Å²) in [6, 6.07) is 6.01. The van der Waals surface area contributed by atoms with Gasteiger partial charge in [-0.1, -0.05) is 19.4 Å². The molecule has 0 fully saturated rings. The summed E-state index contributed by atoms with van der Waals surface area (Å²) in [4.78, 5) is 22.4. The van der Waals surface area contributed by atoms with Crippen LogP contribution in [0.2, 0.25) is 0 Å². The molecule has 0 atom stereocenters. The van der Waals surface area contributed by atoms with Crippen molar-refractivity contribution in [2.24, 2.45) is 0 Å². The minimum Gasteiger partial charge on any atom is -0.340 e. The first-order chi connectivity index (χ1) is 11.0. The van der Waals surface area contributed by atoms with Crippen LogP contribution in [0.25, 0.3) is 0 Å². The van der Waals surface area contributed by atoms with E-state index in [9.17, 15) is 4.79 Å². The Kier molecular flexibility index (Phi) is 6.10. The lowest BCUT2D eigenvalue weighted by atomic mass is 10.2. The number of rotatable bonds is 6. The Morgan fingerprint density at radius 1 is 1.30 bits per heavy atom. The molecular formula is C17H21BrN4O. The van der Waals surface area contributed by atoms with E-state index in [-0.39, 0.29) is 5.91 Å². The van der Waals surface area contributed by atoms with Crippen LogP contribution in [0, 0.1) is 6.92 Å². The SMILES string of the molecule is CCCCN(C)C(=O)c1cnc(Nc2ccc(C)cc2Br)cn1. The highest BCUT2D eigenvalue weighted by Gasteiger charge is 2.13. The molecule has 1 N–H and O–H groups in total. The zero-order valence-corrected chi connectivity index (χ0v) is 15.2. The molecule has 0 saturated heterocycles. The quantitative estimate of drug-likeness (QED) is 0.821. The smallest absolute Gasteiger partial charge is 0.273 e. The van der Waals surface area contributed by atoms with Crippen LogP contribution in [-0.2, 0) is 0 Å². The number of carbonyl (C=O) groups is 1. The van der Waals surface area contributed by atoms with Crippen LogP contribution in [-0.4, -0.2) is 34.4 Å². The van der Waals surface area contributed by atoms with Crippen molar-refractivity contribution in [3.8, 4) is 0 Å². The minimum absolute atomic E-state index is 0.103. The first-order valence-electron chi connectivity index (χ1n) is 7.62. The standard InChI is InChI=1S/C17H21BrN4O/c1-4-5-8-22(3)17(23)15-10-20-16(11-19-15)21-14-7-6-12(2)9-13(14)18/h6-7,9-11H,4-5,8H2,1-3H3,(H,20,21). The normalized spacial score (nSPS) is 10.4. The largest absolute Gasteiger partial charge is 0.340 e. The molecular weight excluding hydrogens is 356 g/mol. The maximum absolute atomic E-state index is 12.2. The van der Waals surface area contributed by atoms with Gasteiger partial charge in [0, 0.05) is 18.1 Å². The van der Waals surface area contributed by atoms with Gasteiger partial charge in [-0.15, -0.1) is 0 Å². The number of anilines is 2. The fourth-order valence-electron chi connectivity index (χ4n) is 2.05. The third-order valence-electron chi connectivity index (χ3n) is 3.45. The van der Waals surface area contributed by atoms with Gasteiger partial charge in [0.2, 0.25) is 0 Å². The van der Waals surface area contributed by atoms with Crippen LogP contribution >= 0.6 is 15.9 Å². The fourth-order valence-corrected chi connectivity index (χ4v) is 2.65. The molecule has 6 heteroatoms. The van der Waals surface area contributed by atoms with Gasteiger partial charge in [0.15, 0.2) is 0 Å². The molecule has 2 rings (SSSR count). The van der Waals surface area contributed by atoms with E-state index in [1.165, 1.54) is 11.8 Å². The van der Waals surface area contributed by atoms with Crippen molar-refractivity contribution in [2.45, 2.75) is 26.7 Å². The number of benzene rings is 1. The maximum Gasteiger partial charge on any atom is 0.273 e. The molecule has 122 valence electrons. The number of aromatic nitrogens is 2. The van der Waals surface area contributed by atoms with E-state index in [1.807, 2.05) is 25.1 Å². The summed E-state index contributed by atoms with van der Waals surface area (Å²) in [6.07, 6.45) is 5.12. The van der Waals surface area contributed by atoms with Crippen LogP contribution in [0.3, 0.4) is 0 Å². The van der Waals surface area contributed by atoms with Gasteiger partial charge < -0.3 is 10.2 Å². The van der Waals surface area contributed by atoms with Crippen molar-refractivity contribution in [3.63, 3.8) is 0 Å². The van der Waals surface area contributed by atoms with Crippen molar-refractivity contribution < 1.29 is 4.79 Å². The maximum atomic E-state index is 12.2. The van der Waals surface area contributed by atoms with Gasteiger partial charge in [0.25, 0.3) is 5.91 Å². The second kappa shape index (κ2) is 8.06. The first-order valence-corrected chi connectivity index (χ1v) is 8.41. The van der Waals surface area contributed by atoms with Crippen molar-refractivity contribution in [3.05, 3.63) is 46.3 Å². The highest BCUT2D eigenvalue weighted by Crippen LogP contribution is 2.25. The topological polar surface area (TPSA) is 58.1 Å². The predicted octanol–water partition coefficient (Wildman–Crippen LogP) is 4.16. The molecule has 0 unspecified atom stereocenters. The number of hydrogen-bond acceptors (Lipinski definition) is 4. The fraction of sp³-hybridized carbons (Fsp3) is 0.353. The summed E-state index contributed by atoms with van der Waals surface area (Å²) in [7, 11) is 1.79. The zero-order valence-electron chi connectivity index (χ0n) is 13.6. The predicted molar refractivity (Wildman–Crippen MR) is 96.1 cm³/mol.